The zero-order valence-corrected chi connectivity index (χ0v) is 20.6. The maximum absolute atomic E-state index is 14.3. The van der Waals surface area contributed by atoms with Crippen molar-refractivity contribution in [1.82, 2.24) is 26.0 Å². The maximum Gasteiger partial charge on any atom is 0.310 e. The number of nitrogens with one attached hydrogen (secondary N) is 3. The first kappa shape index (κ1) is 27.3. The summed E-state index contributed by atoms with van der Waals surface area (Å²) in [5, 5.41) is 25.2. The van der Waals surface area contributed by atoms with E-state index in [0.29, 0.717) is 29.1 Å². The van der Waals surface area contributed by atoms with E-state index in [-0.39, 0.29) is 37.7 Å². The van der Waals surface area contributed by atoms with Crippen molar-refractivity contribution < 1.29 is 23.8 Å². The molecule has 0 aliphatic rings. The van der Waals surface area contributed by atoms with Gasteiger partial charge in [-0.15, -0.1) is 5.10 Å². The Kier molecular flexibility index (Phi) is 10.3. The number of carbonyl (C=O) groups is 2. The molecule has 3 aromatic rings. The van der Waals surface area contributed by atoms with Crippen LogP contribution in [0.3, 0.4) is 0 Å². The van der Waals surface area contributed by atoms with Gasteiger partial charge in [0.1, 0.15) is 11.5 Å². The summed E-state index contributed by atoms with van der Waals surface area (Å²) in [5.74, 6) is -1.73. The molecule has 1 aromatic heterocycles. The van der Waals surface area contributed by atoms with Crippen LogP contribution in [-0.2, 0) is 16.0 Å². The Bertz CT molecular complexity index is 1130. The van der Waals surface area contributed by atoms with Gasteiger partial charge in [0.15, 0.2) is 0 Å². The number of ether oxygens (including phenoxy) is 1. The molecule has 2 atom stereocenters. The number of benzene rings is 2. The number of hydrogen-bond acceptors (Lipinski definition) is 7. The first-order valence-electron chi connectivity index (χ1n) is 11.6. The minimum atomic E-state index is -0.554. The molecule has 0 aliphatic carbocycles. The van der Waals surface area contributed by atoms with Crippen LogP contribution in [0.25, 0.3) is 11.1 Å². The molecule has 0 bridgehead atoms. The highest BCUT2D eigenvalue weighted by Crippen LogP contribution is 2.27. The van der Waals surface area contributed by atoms with E-state index in [1.165, 1.54) is 18.3 Å². The zero-order valence-electron chi connectivity index (χ0n) is 19.8. The summed E-state index contributed by atoms with van der Waals surface area (Å²) >= 11 is 6.02. The monoisotopic (exact) mass is 517 g/mol. The predicted molar refractivity (Wildman–Crippen MR) is 133 cm³/mol. The van der Waals surface area contributed by atoms with Crippen LogP contribution in [0.2, 0.25) is 5.02 Å². The number of carbonyl (C=O) groups excluding carboxylic acids is 2. The summed E-state index contributed by atoms with van der Waals surface area (Å²) in [5.41, 5.74) is 2.13. The molecule has 3 rings (SSSR count). The van der Waals surface area contributed by atoms with Crippen LogP contribution >= 0.6 is 11.6 Å². The van der Waals surface area contributed by atoms with Crippen molar-refractivity contribution in [3.8, 4) is 11.1 Å². The largest absolute Gasteiger partial charge is 0.466 e. The number of rotatable bonds is 13. The van der Waals surface area contributed by atoms with E-state index < -0.39 is 23.8 Å². The zero-order chi connectivity index (χ0) is 25.9. The van der Waals surface area contributed by atoms with Crippen LogP contribution in [0, 0.1) is 11.7 Å². The summed E-state index contributed by atoms with van der Waals surface area (Å²) in [4.78, 5) is 25.3. The number of aliphatic hydroxyl groups excluding tert-OH is 1. The van der Waals surface area contributed by atoms with Crippen molar-refractivity contribution in [2.24, 2.45) is 5.92 Å². The molecule has 36 heavy (non-hydrogen) atoms. The fourth-order valence-electron chi connectivity index (χ4n) is 3.81. The minimum absolute atomic E-state index is 0.0674. The van der Waals surface area contributed by atoms with Gasteiger partial charge < -0.3 is 20.5 Å². The van der Waals surface area contributed by atoms with Crippen LogP contribution in [0.5, 0.6) is 0 Å². The number of hydrogen-bond donors (Lipinski definition) is 4. The van der Waals surface area contributed by atoms with Gasteiger partial charge in [0.25, 0.3) is 5.91 Å². The first-order chi connectivity index (χ1) is 17.4. The smallest absolute Gasteiger partial charge is 0.310 e. The molecule has 0 saturated heterocycles. The quantitative estimate of drug-likeness (QED) is 0.203. The van der Waals surface area contributed by atoms with Gasteiger partial charge in [0.05, 0.1) is 25.3 Å². The number of esters is 1. The number of aromatic nitrogens is 3. The van der Waals surface area contributed by atoms with Crippen molar-refractivity contribution in [1.29, 1.82) is 0 Å². The fraction of sp³-hybridized carbons (Fsp3) is 0.360. The molecule has 2 aromatic carbocycles. The fourth-order valence-corrected chi connectivity index (χ4v) is 3.98. The van der Waals surface area contributed by atoms with Crippen LogP contribution in [0.15, 0.2) is 48.7 Å². The molecule has 11 heteroatoms. The van der Waals surface area contributed by atoms with E-state index in [4.69, 9.17) is 21.4 Å². The number of aromatic amines is 1. The van der Waals surface area contributed by atoms with Crippen molar-refractivity contribution in [3.05, 3.63) is 70.8 Å². The number of amides is 1. The first-order valence-corrected chi connectivity index (χ1v) is 12.0. The number of nitrogens with zero attached hydrogens (tertiary/aromatic N) is 2. The third-order valence-corrected chi connectivity index (χ3v) is 5.77. The van der Waals surface area contributed by atoms with Gasteiger partial charge in [-0.25, -0.2) is 4.39 Å². The molecular formula is C25H29ClFN5O4. The molecular weight excluding hydrogens is 489 g/mol. The van der Waals surface area contributed by atoms with E-state index in [2.05, 4.69) is 26.0 Å². The summed E-state index contributed by atoms with van der Waals surface area (Å²) in [6, 6.07) is 11.2. The van der Waals surface area contributed by atoms with Crippen molar-refractivity contribution >= 4 is 23.5 Å². The third kappa shape index (κ3) is 7.84. The Morgan fingerprint density at radius 2 is 2.00 bits per heavy atom. The lowest BCUT2D eigenvalue weighted by atomic mass is 9.93. The Balaban J connectivity index is 1.79. The topological polar surface area (TPSA) is 129 Å². The molecule has 9 nitrogen and oxygen atoms in total. The second-order valence-corrected chi connectivity index (χ2v) is 8.61. The summed E-state index contributed by atoms with van der Waals surface area (Å²) in [6.45, 7) is 2.50. The molecule has 0 aliphatic heterocycles. The highest BCUT2D eigenvalue weighted by molar-refractivity contribution is 6.30. The molecule has 0 spiro atoms. The Morgan fingerprint density at radius 3 is 2.67 bits per heavy atom. The maximum atomic E-state index is 14.3. The van der Waals surface area contributed by atoms with Crippen molar-refractivity contribution in [3.63, 3.8) is 0 Å². The van der Waals surface area contributed by atoms with Gasteiger partial charge in [0.2, 0.25) is 0 Å². The average Bonchev–Trinajstić information content (AvgIpc) is 3.41. The van der Waals surface area contributed by atoms with E-state index in [1.54, 1.807) is 25.1 Å². The standard InChI is InChI=1S/C25H29ClFN5O4/c1-2-36-25(35)18(14-28-9-10-33)12-20(30-24(34)23-15-29-32-31-23)11-16-3-5-17(6-4-16)21-13-19(26)7-8-22(21)27/h3-8,13,15,18,20,28,33H,2,9-12,14H2,1H3,(H,30,34)(H,29,31,32)/t18?,20-/m1/s1. The predicted octanol–water partition coefficient (Wildman–Crippen LogP) is 2.76. The van der Waals surface area contributed by atoms with Gasteiger partial charge in [0, 0.05) is 29.7 Å². The Morgan fingerprint density at radius 1 is 1.22 bits per heavy atom. The summed E-state index contributed by atoms with van der Waals surface area (Å²) in [7, 11) is 0. The van der Waals surface area contributed by atoms with Crippen LogP contribution in [-0.4, -0.2) is 64.7 Å². The van der Waals surface area contributed by atoms with E-state index in [1.807, 2.05) is 12.1 Å². The SMILES string of the molecule is CCOC(=O)C(CNCCO)C[C@@H](Cc1ccc(-c2cc(Cl)ccc2F)cc1)NC(=O)c1cnn[nH]1. The Labute approximate surface area is 213 Å². The van der Waals surface area contributed by atoms with Gasteiger partial charge in [-0.05, 0) is 49.1 Å². The number of aliphatic hydroxyl groups is 1. The lowest BCUT2D eigenvalue weighted by molar-refractivity contribution is -0.148. The molecule has 1 unspecified atom stereocenters. The molecule has 4 N–H and O–H groups in total. The van der Waals surface area contributed by atoms with E-state index in [9.17, 15) is 14.0 Å². The average molecular weight is 518 g/mol. The molecule has 0 fully saturated rings. The van der Waals surface area contributed by atoms with Crippen molar-refractivity contribution in [2.45, 2.75) is 25.8 Å². The van der Waals surface area contributed by atoms with Crippen LogP contribution in [0.1, 0.15) is 29.4 Å². The third-order valence-electron chi connectivity index (χ3n) is 5.54. The summed E-state index contributed by atoms with van der Waals surface area (Å²) < 4.78 is 19.5. The van der Waals surface area contributed by atoms with E-state index >= 15 is 0 Å². The highest BCUT2D eigenvalue weighted by atomic mass is 35.5. The summed E-state index contributed by atoms with van der Waals surface area (Å²) in [6.07, 6.45) is 2.00. The number of H-pyrrole nitrogens is 1. The van der Waals surface area contributed by atoms with E-state index in [0.717, 1.165) is 5.56 Å². The second kappa shape index (κ2) is 13.7. The van der Waals surface area contributed by atoms with Crippen LogP contribution < -0.4 is 10.6 Å². The van der Waals surface area contributed by atoms with Gasteiger partial charge in [-0.3, -0.25) is 14.7 Å². The van der Waals surface area contributed by atoms with Gasteiger partial charge in [-0.1, -0.05) is 41.1 Å². The molecule has 1 heterocycles. The molecule has 192 valence electrons. The lowest BCUT2D eigenvalue weighted by Gasteiger charge is -2.24. The second-order valence-electron chi connectivity index (χ2n) is 8.18. The Hall–Kier alpha value is -3.34. The van der Waals surface area contributed by atoms with Crippen molar-refractivity contribution in [2.75, 3.05) is 26.3 Å². The normalized spacial score (nSPS) is 12.7. The van der Waals surface area contributed by atoms with Gasteiger partial charge in [-0.2, -0.15) is 0 Å². The lowest BCUT2D eigenvalue weighted by Crippen LogP contribution is -2.42. The minimum Gasteiger partial charge on any atom is -0.466 e. The van der Waals surface area contributed by atoms with Gasteiger partial charge >= 0.3 is 5.97 Å². The van der Waals surface area contributed by atoms with Crippen LogP contribution in [0.4, 0.5) is 4.39 Å². The molecule has 0 radical (unpaired) electrons. The number of halogens is 2. The highest BCUT2D eigenvalue weighted by Gasteiger charge is 2.26. The molecule has 1 amide bonds. The molecule has 0 saturated carbocycles.